The zero-order valence-electron chi connectivity index (χ0n) is 14.1. The van der Waals surface area contributed by atoms with E-state index in [9.17, 15) is 9.59 Å². The molecule has 0 bridgehead atoms. The number of carbonyl (C=O) groups is 2. The van der Waals surface area contributed by atoms with Gasteiger partial charge in [-0.2, -0.15) is 4.98 Å². The lowest BCUT2D eigenvalue weighted by molar-refractivity contribution is -0.126. The number of para-hydroxylation sites is 1. The minimum atomic E-state index is -0.974. The summed E-state index contributed by atoms with van der Waals surface area (Å²) in [5.41, 5.74) is 1.49. The maximum Gasteiger partial charge on any atom is 0.379 e. The van der Waals surface area contributed by atoms with Gasteiger partial charge in [0.25, 0.3) is 17.5 Å². The van der Waals surface area contributed by atoms with Crippen LogP contribution in [0.5, 0.6) is 0 Å². The third-order valence-corrected chi connectivity index (χ3v) is 3.72. The summed E-state index contributed by atoms with van der Waals surface area (Å²) < 4.78 is 6.66. The van der Waals surface area contributed by atoms with Gasteiger partial charge in [-0.3, -0.25) is 4.79 Å². The molecule has 0 aliphatic rings. The first-order valence-corrected chi connectivity index (χ1v) is 7.69. The van der Waals surface area contributed by atoms with Gasteiger partial charge in [0, 0.05) is 24.6 Å². The molecule has 1 aromatic carbocycles. The first-order valence-electron chi connectivity index (χ1n) is 7.69. The lowest BCUT2D eigenvalue weighted by Gasteiger charge is -2.21. The summed E-state index contributed by atoms with van der Waals surface area (Å²) in [5.74, 6) is -0.957. The van der Waals surface area contributed by atoms with Crippen LogP contribution in [-0.2, 0) is 9.53 Å². The van der Waals surface area contributed by atoms with Crippen LogP contribution in [0.3, 0.4) is 0 Å². The van der Waals surface area contributed by atoms with Gasteiger partial charge in [0.05, 0.1) is 0 Å². The fourth-order valence-corrected chi connectivity index (χ4v) is 2.31. The second-order valence-corrected chi connectivity index (χ2v) is 5.51. The molecule has 128 valence electrons. The van der Waals surface area contributed by atoms with Crippen LogP contribution in [0, 0.1) is 6.92 Å². The molecule has 3 aromatic rings. The predicted octanol–water partition coefficient (Wildman–Crippen LogP) is 1.64. The third-order valence-electron chi connectivity index (χ3n) is 3.72. The highest BCUT2D eigenvalue weighted by Crippen LogP contribution is 2.13. The molecule has 0 N–H and O–H groups in total. The van der Waals surface area contributed by atoms with E-state index in [-0.39, 0.29) is 11.7 Å². The van der Waals surface area contributed by atoms with Crippen molar-refractivity contribution in [2.45, 2.75) is 20.0 Å². The number of hydrogen-bond acceptors (Lipinski definition) is 6. The molecule has 1 unspecified atom stereocenters. The van der Waals surface area contributed by atoms with Crippen LogP contribution in [0.1, 0.15) is 23.2 Å². The average Bonchev–Trinajstić information content (AvgIpc) is 3.07. The normalized spacial score (nSPS) is 12.0. The molecular formula is C17H17N5O3. The first kappa shape index (κ1) is 16.6. The summed E-state index contributed by atoms with van der Waals surface area (Å²) in [5, 5.41) is 4.07. The number of hydrogen-bond donors (Lipinski definition) is 0. The van der Waals surface area contributed by atoms with Crippen molar-refractivity contribution in [3.05, 3.63) is 54.1 Å². The Labute approximate surface area is 144 Å². The Kier molecular flexibility index (Phi) is 4.42. The number of esters is 1. The van der Waals surface area contributed by atoms with Crippen molar-refractivity contribution < 1.29 is 14.3 Å². The highest BCUT2D eigenvalue weighted by Gasteiger charge is 2.25. The van der Waals surface area contributed by atoms with E-state index < -0.39 is 12.1 Å². The topological polar surface area (TPSA) is 89.7 Å². The molecule has 3 rings (SSSR count). The van der Waals surface area contributed by atoms with Gasteiger partial charge in [-0.15, -0.1) is 5.10 Å². The summed E-state index contributed by atoms with van der Waals surface area (Å²) in [7, 11) is 1.62. The summed E-state index contributed by atoms with van der Waals surface area (Å²) in [6, 6.07) is 10.8. The van der Waals surface area contributed by atoms with Crippen LogP contribution in [0.2, 0.25) is 0 Å². The van der Waals surface area contributed by atoms with Crippen molar-refractivity contribution in [2.75, 3.05) is 11.9 Å². The molecule has 0 aliphatic carbocycles. The molecule has 1 amide bonds. The third kappa shape index (κ3) is 3.32. The van der Waals surface area contributed by atoms with Crippen molar-refractivity contribution in [1.82, 2.24) is 19.6 Å². The molecule has 0 radical (unpaired) electrons. The van der Waals surface area contributed by atoms with E-state index in [1.165, 1.54) is 16.3 Å². The van der Waals surface area contributed by atoms with E-state index in [0.717, 1.165) is 5.69 Å². The van der Waals surface area contributed by atoms with E-state index in [0.29, 0.717) is 11.5 Å². The van der Waals surface area contributed by atoms with E-state index >= 15 is 0 Å². The number of rotatable bonds is 4. The van der Waals surface area contributed by atoms with Gasteiger partial charge < -0.3 is 9.64 Å². The zero-order chi connectivity index (χ0) is 18.0. The van der Waals surface area contributed by atoms with Crippen LogP contribution in [-0.4, -0.2) is 44.6 Å². The maximum absolute atomic E-state index is 12.4. The van der Waals surface area contributed by atoms with Gasteiger partial charge in [0.1, 0.15) is 0 Å². The molecule has 8 heteroatoms. The van der Waals surface area contributed by atoms with Crippen molar-refractivity contribution in [3.8, 4) is 0 Å². The number of nitrogens with zero attached hydrogens (tertiary/aromatic N) is 5. The van der Waals surface area contributed by atoms with Gasteiger partial charge >= 0.3 is 5.97 Å². The second-order valence-electron chi connectivity index (χ2n) is 5.51. The summed E-state index contributed by atoms with van der Waals surface area (Å²) in [4.78, 5) is 34.2. The van der Waals surface area contributed by atoms with Gasteiger partial charge in [-0.05, 0) is 32.0 Å². The molecular weight excluding hydrogens is 322 g/mol. The molecule has 0 saturated carbocycles. The van der Waals surface area contributed by atoms with Crippen molar-refractivity contribution >= 4 is 23.3 Å². The van der Waals surface area contributed by atoms with E-state index in [2.05, 4.69) is 15.1 Å². The number of amides is 1. The number of aromatic nitrogens is 4. The van der Waals surface area contributed by atoms with Gasteiger partial charge in [0.2, 0.25) is 0 Å². The monoisotopic (exact) mass is 339 g/mol. The molecule has 2 aromatic heterocycles. The number of aryl methyl sites for hydroxylation is 1. The standard InChI is InChI=1S/C17H17N5O3/c1-11-9-10-18-17-19-14(20-22(11)17)16(24)25-12(2)15(23)21(3)13-7-5-4-6-8-13/h4-10,12H,1-3H3. The smallest absolute Gasteiger partial charge is 0.379 e. The quantitative estimate of drug-likeness (QED) is 0.671. The van der Waals surface area contributed by atoms with Crippen LogP contribution in [0.25, 0.3) is 5.78 Å². The lowest BCUT2D eigenvalue weighted by atomic mass is 10.2. The largest absolute Gasteiger partial charge is 0.447 e. The second kappa shape index (κ2) is 6.68. The van der Waals surface area contributed by atoms with Crippen molar-refractivity contribution in [3.63, 3.8) is 0 Å². The average molecular weight is 339 g/mol. The first-order chi connectivity index (χ1) is 12.0. The molecule has 0 fully saturated rings. The van der Waals surface area contributed by atoms with E-state index in [1.54, 1.807) is 31.4 Å². The van der Waals surface area contributed by atoms with E-state index in [1.807, 2.05) is 25.1 Å². The molecule has 25 heavy (non-hydrogen) atoms. The van der Waals surface area contributed by atoms with Gasteiger partial charge in [0.15, 0.2) is 6.10 Å². The van der Waals surface area contributed by atoms with Crippen LogP contribution in [0.15, 0.2) is 42.6 Å². The van der Waals surface area contributed by atoms with Gasteiger partial charge in [-0.1, -0.05) is 18.2 Å². The molecule has 0 saturated heterocycles. The highest BCUT2D eigenvalue weighted by atomic mass is 16.5. The van der Waals surface area contributed by atoms with Gasteiger partial charge in [-0.25, -0.2) is 14.3 Å². The Morgan fingerprint density at radius 3 is 2.60 bits per heavy atom. The number of ether oxygens (including phenoxy) is 1. The molecule has 8 nitrogen and oxygen atoms in total. The highest BCUT2D eigenvalue weighted by molar-refractivity contribution is 5.98. The number of benzene rings is 1. The SMILES string of the molecule is Cc1ccnc2nc(C(=O)OC(C)C(=O)N(C)c3ccccc3)nn12. The predicted molar refractivity (Wildman–Crippen MR) is 90.2 cm³/mol. The Hall–Kier alpha value is -3.29. The van der Waals surface area contributed by atoms with Crippen molar-refractivity contribution in [2.24, 2.45) is 0 Å². The number of anilines is 1. The fraction of sp³-hybridized carbons (Fsp3) is 0.235. The minimum absolute atomic E-state index is 0.135. The van der Waals surface area contributed by atoms with Crippen LogP contribution in [0.4, 0.5) is 5.69 Å². The number of carbonyl (C=O) groups excluding carboxylic acids is 2. The number of likely N-dealkylation sites (N-methyl/N-ethyl adjacent to an activating group) is 1. The summed E-state index contributed by atoms with van der Waals surface area (Å²) in [6.07, 6.45) is 0.605. The zero-order valence-corrected chi connectivity index (χ0v) is 14.1. The Morgan fingerprint density at radius 2 is 1.92 bits per heavy atom. The van der Waals surface area contributed by atoms with Crippen LogP contribution < -0.4 is 4.90 Å². The minimum Gasteiger partial charge on any atom is -0.447 e. The van der Waals surface area contributed by atoms with Crippen LogP contribution >= 0.6 is 0 Å². The van der Waals surface area contributed by atoms with E-state index in [4.69, 9.17) is 4.74 Å². The Balaban J connectivity index is 1.73. The Morgan fingerprint density at radius 1 is 1.20 bits per heavy atom. The molecule has 1 atom stereocenters. The van der Waals surface area contributed by atoms with Crippen molar-refractivity contribution in [1.29, 1.82) is 0 Å². The molecule has 0 spiro atoms. The molecule has 2 heterocycles. The summed E-state index contributed by atoms with van der Waals surface area (Å²) in [6.45, 7) is 3.33. The summed E-state index contributed by atoms with van der Waals surface area (Å²) >= 11 is 0. The fourth-order valence-electron chi connectivity index (χ4n) is 2.31. The number of fused-ring (bicyclic) bond motifs is 1. The maximum atomic E-state index is 12.4. The Bertz CT molecular complexity index is 922. The molecule has 0 aliphatic heterocycles. The lowest BCUT2D eigenvalue weighted by Crippen LogP contribution is -2.37.